The van der Waals surface area contributed by atoms with Crippen LogP contribution < -0.4 is 0 Å². The Morgan fingerprint density at radius 1 is 1.18 bits per heavy atom. The second-order valence-corrected chi connectivity index (χ2v) is 7.89. The molecule has 1 aromatic carbocycles. The Hall–Kier alpha value is -0.240. The number of unbranched alkanes of at least 4 members (excludes halogenated alkanes) is 1. The van der Waals surface area contributed by atoms with Gasteiger partial charge in [-0.25, -0.2) is 0 Å². The topological polar surface area (TPSA) is 3.24 Å². The van der Waals surface area contributed by atoms with E-state index in [2.05, 4.69) is 17.9 Å². The fraction of sp³-hybridized carbons (Fsp3) is 0.684. The summed E-state index contributed by atoms with van der Waals surface area (Å²) in [5.74, 6) is 1.50. The molecule has 0 saturated carbocycles. The van der Waals surface area contributed by atoms with Crippen molar-refractivity contribution in [2.24, 2.45) is 5.92 Å². The molecule has 0 aromatic heterocycles. The van der Waals surface area contributed by atoms with E-state index in [1.807, 2.05) is 12.1 Å². The van der Waals surface area contributed by atoms with Gasteiger partial charge in [0.1, 0.15) is 0 Å². The van der Waals surface area contributed by atoms with Crippen molar-refractivity contribution in [3.05, 3.63) is 33.8 Å². The number of benzene rings is 1. The molecule has 0 spiro atoms. The first kappa shape index (κ1) is 16.6. The summed E-state index contributed by atoms with van der Waals surface area (Å²) in [5, 5.41) is 1.58. The van der Waals surface area contributed by atoms with Crippen molar-refractivity contribution in [1.29, 1.82) is 0 Å². The van der Waals surface area contributed by atoms with Crippen LogP contribution in [0.15, 0.2) is 18.2 Å². The van der Waals surface area contributed by atoms with Gasteiger partial charge in [-0.3, -0.25) is 4.90 Å². The summed E-state index contributed by atoms with van der Waals surface area (Å²) in [7, 11) is 0. The van der Waals surface area contributed by atoms with Gasteiger partial charge in [0, 0.05) is 22.6 Å². The first-order valence-electron chi connectivity index (χ1n) is 8.88. The van der Waals surface area contributed by atoms with Crippen LogP contribution in [0.1, 0.15) is 63.4 Å². The minimum atomic E-state index is 0.575. The lowest BCUT2D eigenvalue weighted by Gasteiger charge is -2.47. The second kappa shape index (κ2) is 7.55. The highest BCUT2D eigenvalue weighted by Gasteiger charge is 2.36. The van der Waals surface area contributed by atoms with E-state index >= 15 is 0 Å². The van der Waals surface area contributed by atoms with E-state index in [9.17, 15) is 0 Å². The van der Waals surface area contributed by atoms with E-state index in [0.717, 1.165) is 22.0 Å². The molecular weight excluding hydrogens is 313 g/mol. The first-order valence-corrected chi connectivity index (χ1v) is 9.63. The molecule has 0 radical (unpaired) electrons. The van der Waals surface area contributed by atoms with Gasteiger partial charge in [0.05, 0.1) is 0 Å². The van der Waals surface area contributed by atoms with Crippen LogP contribution in [0.25, 0.3) is 0 Å². The van der Waals surface area contributed by atoms with Gasteiger partial charge in [0.15, 0.2) is 0 Å². The molecule has 2 aliphatic rings. The van der Waals surface area contributed by atoms with Gasteiger partial charge in [-0.05, 0) is 68.2 Å². The Balaban J connectivity index is 1.68. The largest absolute Gasteiger partial charge is 0.300 e. The SMILES string of the molecule is CCCCC1CCCN2CC(c3ccc(Cl)cc3Cl)CCC12. The highest BCUT2D eigenvalue weighted by molar-refractivity contribution is 6.35. The summed E-state index contributed by atoms with van der Waals surface area (Å²) in [4.78, 5) is 2.75. The van der Waals surface area contributed by atoms with Crippen LogP contribution >= 0.6 is 23.2 Å². The number of hydrogen-bond acceptors (Lipinski definition) is 1. The molecule has 3 heteroatoms. The van der Waals surface area contributed by atoms with Crippen molar-refractivity contribution >= 4 is 23.2 Å². The van der Waals surface area contributed by atoms with Crippen LogP contribution in [-0.4, -0.2) is 24.0 Å². The van der Waals surface area contributed by atoms with Crippen LogP contribution in [0.5, 0.6) is 0 Å². The van der Waals surface area contributed by atoms with Crippen molar-refractivity contribution < 1.29 is 0 Å². The molecule has 2 aliphatic heterocycles. The van der Waals surface area contributed by atoms with E-state index < -0.39 is 0 Å². The molecule has 0 amide bonds. The number of nitrogens with zero attached hydrogens (tertiary/aromatic N) is 1. The monoisotopic (exact) mass is 339 g/mol. The van der Waals surface area contributed by atoms with Crippen LogP contribution in [0, 0.1) is 5.92 Å². The minimum Gasteiger partial charge on any atom is -0.300 e. The Kier molecular flexibility index (Phi) is 5.70. The van der Waals surface area contributed by atoms with Crippen molar-refractivity contribution in [2.45, 2.75) is 63.8 Å². The molecule has 0 aliphatic carbocycles. The molecule has 2 heterocycles. The second-order valence-electron chi connectivity index (χ2n) is 7.05. The van der Waals surface area contributed by atoms with Crippen molar-refractivity contribution in [3.63, 3.8) is 0 Å². The predicted octanol–water partition coefficient (Wildman–Crippen LogP) is 6.14. The summed E-state index contributed by atoms with van der Waals surface area (Å²) in [5.41, 5.74) is 1.29. The zero-order valence-corrected chi connectivity index (χ0v) is 15.0. The molecule has 1 aromatic rings. The molecule has 0 bridgehead atoms. The standard InChI is InChI=1S/C19H27Cl2N/c1-2-3-5-14-6-4-11-22-13-15(7-10-19(14)22)17-9-8-16(20)12-18(17)21/h8-9,12,14-15,19H,2-7,10-11,13H2,1H3. The summed E-state index contributed by atoms with van der Waals surface area (Å²) >= 11 is 12.5. The van der Waals surface area contributed by atoms with E-state index in [0.29, 0.717) is 5.92 Å². The van der Waals surface area contributed by atoms with Crippen LogP contribution in [0.4, 0.5) is 0 Å². The van der Waals surface area contributed by atoms with E-state index in [1.165, 1.54) is 63.6 Å². The third-order valence-electron chi connectivity index (χ3n) is 5.63. The van der Waals surface area contributed by atoms with Crippen molar-refractivity contribution in [1.82, 2.24) is 4.90 Å². The van der Waals surface area contributed by atoms with Crippen LogP contribution in [-0.2, 0) is 0 Å². The molecule has 22 heavy (non-hydrogen) atoms. The fourth-order valence-electron chi connectivity index (χ4n) is 4.49. The number of hydrogen-bond donors (Lipinski definition) is 0. The highest BCUT2D eigenvalue weighted by atomic mass is 35.5. The molecule has 3 unspecified atom stereocenters. The Labute approximate surface area is 145 Å². The molecule has 2 fully saturated rings. The quantitative estimate of drug-likeness (QED) is 0.636. The highest BCUT2D eigenvalue weighted by Crippen LogP contribution is 2.40. The zero-order chi connectivity index (χ0) is 15.5. The fourth-order valence-corrected chi connectivity index (χ4v) is 5.06. The third-order valence-corrected chi connectivity index (χ3v) is 6.19. The minimum absolute atomic E-state index is 0.575. The summed E-state index contributed by atoms with van der Waals surface area (Å²) < 4.78 is 0. The zero-order valence-electron chi connectivity index (χ0n) is 13.5. The number of rotatable bonds is 4. The summed E-state index contributed by atoms with van der Waals surface area (Å²) in [6.07, 6.45) is 9.54. The lowest BCUT2D eigenvalue weighted by Crippen LogP contribution is -2.49. The third kappa shape index (κ3) is 3.63. The summed E-state index contributed by atoms with van der Waals surface area (Å²) in [6, 6.07) is 6.83. The molecule has 2 saturated heterocycles. The van der Waals surface area contributed by atoms with Gasteiger partial charge in [-0.15, -0.1) is 0 Å². The predicted molar refractivity (Wildman–Crippen MR) is 96.0 cm³/mol. The Bertz CT molecular complexity index is 502. The molecule has 3 rings (SSSR count). The van der Waals surface area contributed by atoms with Gasteiger partial charge in [0.25, 0.3) is 0 Å². The van der Waals surface area contributed by atoms with Crippen LogP contribution in [0.2, 0.25) is 10.0 Å². The lowest BCUT2D eigenvalue weighted by atomic mass is 9.77. The Morgan fingerprint density at radius 2 is 2.05 bits per heavy atom. The molecule has 1 nitrogen and oxygen atoms in total. The van der Waals surface area contributed by atoms with E-state index in [1.54, 1.807) is 0 Å². The number of halogens is 2. The van der Waals surface area contributed by atoms with Crippen molar-refractivity contribution in [3.8, 4) is 0 Å². The maximum atomic E-state index is 6.43. The molecule has 122 valence electrons. The maximum Gasteiger partial charge on any atom is 0.0456 e. The summed E-state index contributed by atoms with van der Waals surface area (Å²) in [6.45, 7) is 4.75. The van der Waals surface area contributed by atoms with Gasteiger partial charge >= 0.3 is 0 Å². The molecular formula is C19H27Cl2N. The molecule has 0 N–H and O–H groups in total. The van der Waals surface area contributed by atoms with Crippen molar-refractivity contribution in [2.75, 3.05) is 13.1 Å². The maximum absolute atomic E-state index is 6.43. The Morgan fingerprint density at radius 3 is 2.82 bits per heavy atom. The average molecular weight is 340 g/mol. The average Bonchev–Trinajstić information content (AvgIpc) is 2.52. The van der Waals surface area contributed by atoms with Gasteiger partial charge in [-0.2, -0.15) is 0 Å². The first-order chi connectivity index (χ1) is 10.7. The van der Waals surface area contributed by atoms with Gasteiger partial charge in [-0.1, -0.05) is 49.0 Å². The number of fused-ring (bicyclic) bond motifs is 1. The van der Waals surface area contributed by atoms with Gasteiger partial charge < -0.3 is 0 Å². The normalized spacial score (nSPS) is 29.3. The van der Waals surface area contributed by atoms with Gasteiger partial charge in [0.2, 0.25) is 0 Å². The van der Waals surface area contributed by atoms with Crippen LogP contribution in [0.3, 0.4) is 0 Å². The smallest absolute Gasteiger partial charge is 0.0456 e. The van der Waals surface area contributed by atoms with E-state index in [4.69, 9.17) is 23.2 Å². The number of piperidine rings is 2. The lowest BCUT2D eigenvalue weighted by molar-refractivity contribution is 0.0455. The van der Waals surface area contributed by atoms with E-state index in [-0.39, 0.29) is 0 Å². The molecule has 3 atom stereocenters.